The first-order chi connectivity index (χ1) is 28.0. The minimum absolute atomic E-state index is 0.110. The molecular weight excluding hydrogens is 709 g/mol. The Hall–Kier alpha value is -7.18. The zero-order chi connectivity index (χ0) is 38.9. The fourth-order valence-electron chi connectivity index (χ4n) is 8.43. The molecule has 278 valence electrons. The Morgan fingerprint density at radius 3 is 1.60 bits per heavy atom. The largest absolute Gasteiger partial charge is 0.490 e. The van der Waals surface area contributed by atoms with Crippen molar-refractivity contribution < 1.29 is 28.5 Å². The van der Waals surface area contributed by atoms with Crippen molar-refractivity contribution in [1.29, 1.82) is 0 Å². The number of ether oxygens (including phenoxy) is 4. The van der Waals surface area contributed by atoms with E-state index in [4.69, 9.17) is 18.9 Å². The summed E-state index contributed by atoms with van der Waals surface area (Å²) in [4.78, 5) is 23.2. The van der Waals surface area contributed by atoms with Gasteiger partial charge in [-0.05, 0) is 120 Å². The van der Waals surface area contributed by atoms with Crippen molar-refractivity contribution in [3.05, 3.63) is 193 Å². The summed E-state index contributed by atoms with van der Waals surface area (Å²) in [7, 11) is 0. The summed E-state index contributed by atoms with van der Waals surface area (Å²) in [6.45, 7) is 7.61. The lowest BCUT2D eigenvalue weighted by Gasteiger charge is -2.35. The molecule has 0 saturated heterocycles. The molecule has 0 unspecified atom stereocenters. The fourth-order valence-corrected chi connectivity index (χ4v) is 8.43. The highest BCUT2D eigenvalue weighted by Gasteiger charge is 2.47. The van der Waals surface area contributed by atoms with Crippen LogP contribution in [0.5, 0.6) is 11.5 Å². The Morgan fingerprint density at radius 1 is 0.474 bits per heavy atom. The van der Waals surface area contributed by atoms with Crippen LogP contribution >= 0.6 is 0 Å². The molecule has 57 heavy (non-hydrogen) atoms. The topological polar surface area (TPSA) is 71.1 Å². The van der Waals surface area contributed by atoms with Crippen LogP contribution in [0.25, 0.3) is 54.2 Å². The third kappa shape index (κ3) is 6.25. The molecule has 0 fully saturated rings. The van der Waals surface area contributed by atoms with Gasteiger partial charge in [-0.15, -0.1) is 0 Å². The first kappa shape index (κ1) is 35.5. The fraction of sp³-hybridized carbons (Fsp3) is 0.0980. The minimum atomic E-state index is -0.741. The summed E-state index contributed by atoms with van der Waals surface area (Å²) in [5, 5.41) is 8.80. The van der Waals surface area contributed by atoms with Crippen molar-refractivity contribution >= 4 is 55.0 Å². The number of carbonyl (C=O) groups excluding carboxylic acids is 2. The van der Waals surface area contributed by atoms with Gasteiger partial charge in [-0.2, -0.15) is 0 Å². The molecule has 0 atom stereocenters. The molecule has 0 spiro atoms. The summed E-state index contributed by atoms with van der Waals surface area (Å²) < 4.78 is 22.6. The van der Waals surface area contributed by atoms with Crippen LogP contribution in [0, 0.1) is 0 Å². The molecule has 0 N–H and O–H groups in total. The zero-order valence-electron chi connectivity index (χ0n) is 31.2. The lowest BCUT2D eigenvalue weighted by molar-refractivity contribution is -0.139. The van der Waals surface area contributed by atoms with Crippen molar-refractivity contribution in [3.63, 3.8) is 0 Å². The van der Waals surface area contributed by atoms with Gasteiger partial charge in [0.1, 0.15) is 37.9 Å². The van der Waals surface area contributed by atoms with Gasteiger partial charge in [-0.1, -0.05) is 110 Å². The Balaban J connectivity index is 1.27. The molecule has 6 nitrogen and oxygen atoms in total. The molecule has 0 heterocycles. The molecule has 0 aromatic heterocycles. The van der Waals surface area contributed by atoms with E-state index in [1.807, 2.05) is 24.3 Å². The lowest BCUT2D eigenvalue weighted by atomic mass is 9.66. The molecule has 6 heteroatoms. The average Bonchev–Trinajstić information content (AvgIpc) is 3.52. The second-order valence-electron chi connectivity index (χ2n) is 14.1. The molecule has 1 aliphatic rings. The molecule has 9 rings (SSSR count). The van der Waals surface area contributed by atoms with E-state index in [0.29, 0.717) is 11.5 Å². The van der Waals surface area contributed by atoms with Gasteiger partial charge >= 0.3 is 11.9 Å². The Labute approximate surface area is 330 Å². The number of rotatable bonds is 12. The summed E-state index contributed by atoms with van der Waals surface area (Å²) in [5.41, 5.74) is 6.32. The molecule has 0 radical (unpaired) electrons. The van der Waals surface area contributed by atoms with Gasteiger partial charge in [-0.3, -0.25) is 0 Å². The van der Waals surface area contributed by atoms with E-state index in [1.165, 1.54) is 33.0 Å². The van der Waals surface area contributed by atoms with E-state index in [-0.39, 0.29) is 26.4 Å². The van der Waals surface area contributed by atoms with Crippen LogP contribution < -0.4 is 9.47 Å². The first-order valence-electron chi connectivity index (χ1n) is 19.0. The number of carbonyl (C=O) groups is 2. The summed E-state index contributed by atoms with van der Waals surface area (Å²) in [6.07, 6.45) is 2.29. The van der Waals surface area contributed by atoms with Gasteiger partial charge in [0.15, 0.2) is 0 Å². The minimum Gasteiger partial charge on any atom is -0.490 e. The quantitative estimate of drug-likeness (QED) is 0.0704. The van der Waals surface area contributed by atoms with Crippen molar-refractivity contribution in [2.24, 2.45) is 0 Å². The molecule has 1 aliphatic carbocycles. The molecular formula is C51H38O6. The van der Waals surface area contributed by atoms with Crippen LogP contribution in [-0.2, 0) is 24.5 Å². The third-order valence-electron chi connectivity index (χ3n) is 10.9. The van der Waals surface area contributed by atoms with Crippen LogP contribution in [0.2, 0.25) is 0 Å². The van der Waals surface area contributed by atoms with Crippen LogP contribution in [-0.4, -0.2) is 38.4 Å². The van der Waals surface area contributed by atoms with Crippen LogP contribution in [0.3, 0.4) is 0 Å². The first-order valence-corrected chi connectivity index (χ1v) is 19.0. The van der Waals surface area contributed by atoms with E-state index in [1.54, 1.807) is 0 Å². The average molecular weight is 747 g/mol. The van der Waals surface area contributed by atoms with E-state index >= 15 is 0 Å². The molecule has 0 saturated carbocycles. The van der Waals surface area contributed by atoms with Crippen LogP contribution in [0.4, 0.5) is 0 Å². The molecule has 0 bridgehead atoms. The molecule has 8 aromatic rings. The highest BCUT2D eigenvalue weighted by molar-refractivity contribution is 6.03. The van der Waals surface area contributed by atoms with Gasteiger partial charge in [0, 0.05) is 17.5 Å². The monoisotopic (exact) mass is 746 g/mol. The van der Waals surface area contributed by atoms with Gasteiger partial charge < -0.3 is 18.9 Å². The number of esters is 2. The molecule has 8 aromatic carbocycles. The van der Waals surface area contributed by atoms with Crippen molar-refractivity contribution in [3.8, 4) is 22.6 Å². The summed E-state index contributed by atoms with van der Waals surface area (Å²) in [5.74, 6) is 0.441. The summed E-state index contributed by atoms with van der Waals surface area (Å²) >= 11 is 0. The Bertz CT molecular complexity index is 2820. The maximum absolute atomic E-state index is 11.7. The van der Waals surface area contributed by atoms with Crippen LogP contribution in [0.1, 0.15) is 22.3 Å². The maximum atomic E-state index is 11.7. The Kier molecular flexibility index (Phi) is 9.23. The van der Waals surface area contributed by atoms with Gasteiger partial charge in [0.2, 0.25) is 0 Å². The highest BCUT2D eigenvalue weighted by atomic mass is 16.6. The van der Waals surface area contributed by atoms with E-state index in [2.05, 4.69) is 134 Å². The predicted octanol–water partition coefficient (Wildman–Crippen LogP) is 10.9. The second kappa shape index (κ2) is 14.8. The van der Waals surface area contributed by atoms with Crippen molar-refractivity contribution in [1.82, 2.24) is 0 Å². The van der Waals surface area contributed by atoms with Crippen molar-refractivity contribution in [2.45, 2.75) is 5.41 Å². The lowest BCUT2D eigenvalue weighted by Crippen LogP contribution is -2.29. The van der Waals surface area contributed by atoms with Crippen molar-refractivity contribution in [2.75, 3.05) is 26.4 Å². The van der Waals surface area contributed by atoms with E-state index in [0.717, 1.165) is 55.6 Å². The third-order valence-corrected chi connectivity index (χ3v) is 10.9. The van der Waals surface area contributed by atoms with Gasteiger partial charge in [0.25, 0.3) is 0 Å². The highest BCUT2D eigenvalue weighted by Crippen LogP contribution is 2.59. The number of benzene rings is 8. The van der Waals surface area contributed by atoms with Crippen LogP contribution in [0.15, 0.2) is 171 Å². The number of fused-ring (bicyclic) bond motifs is 7. The predicted molar refractivity (Wildman–Crippen MR) is 227 cm³/mol. The molecule has 0 amide bonds. The number of hydrogen-bond donors (Lipinski definition) is 0. The van der Waals surface area contributed by atoms with Gasteiger partial charge in [-0.25, -0.2) is 9.59 Å². The summed E-state index contributed by atoms with van der Waals surface area (Å²) in [6, 6.07) is 52.0. The number of hydrogen-bond acceptors (Lipinski definition) is 6. The smallest absolute Gasteiger partial charge is 0.330 e. The second-order valence-corrected chi connectivity index (χ2v) is 14.1. The maximum Gasteiger partial charge on any atom is 0.330 e. The van der Waals surface area contributed by atoms with E-state index in [9.17, 15) is 9.59 Å². The Morgan fingerprint density at radius 2 is 0.982 bits per heavy atom. The standard InChI is InChI=1S/C51H38O6/c1-3-49(52)56-25-23-54-40-20-18-37-27-39(19-17-38(37)28-40)51(45-21-22-48(42-16-10-9-15-41(42)45)55-24-26-57-50(53)4-2)46-31-35-13-7-5-11-33(35)29-43(46)44-30-34-12-6-8-14-36(34)32-47(44)51/h3-22,27-32H,1-2,23-26H2. The molecule has 0 aliphatic heterocycles. The normalized spacial score (nSPS) is 12.6. The van der Waals surface area contributed by atoms with E-state index < -0.39 is 17.4 Å². The SMILES string of the molecule is C=CC(=O)OCCOc1ccc2cc(C3(c4ccc(OCCOC(=O)C=C)c5ccccc45)c4cc5ccccc5cc4-c4cc5ccccc5cc43)ccc2c1. The van der Waals surface area contributed by atoms with Gasteiger partial charge in [0.05, 0.1) is 5.41 Å². The zero-order valence-corrected chi connectivity index (χ0v) is 31.2.